The van der Waals surface area contributed by atoms with Crippen molar-refractivity contribution in [2.75, 3.05) is 13.1 Å². The lowest BCUT2D eigenvalue weighted by Crippen LogP contribution is -2.28. The molecule has 0 saturated carbocycles. The van der Waals surface area contributed by atoms with Gasteiger partial charge in [0, 0.05) is 24.6 Å². The molecule has 2 amide bonds. The molecule has 0 aliphatic carbocycles. The quantitative estimate of drug-likeness (QED) is 0.429. The average molecular weight is 296 g/mol. The molecule has 4 nitrogen and oxygen atoms in total. The Bertz CT molecular complexity index is 325. The molecule has 0 heterocycles. The minimum atomic E-state index is -0.0431. The highest BCUT2D eigenvalue weighted by molar-refractivity contribution is 5.91. The van der Waals surface area contributed by atoms with E-state index in [1.165, 1.54) is 25.7 Å². The van der Waals surface area contributed by atoms with Crippen LogP contribution in [-0.4, -0.2) is 24.9 Å². The van der Waals surface area contributed by atoms with E-state index in [0.717, 1.165) is 32.4 Å². The van der Waals surface area contributed by atoms with E-state index in [4.69, 9.17) is 0 Å². The van der Waals surface area contributed by atoms with E-state index < -0.39 is 0 Å². The Kier molecular flexibility index (Phi) is 11.6. The van der Waals surface area contributed by atoms with Crippen molar-refractivity contribution in [3.8, 4) is 0 Å². The van der Waals surface area contributed by atoms with Crippen LogP contribution in [0.2, 0.25) is 0 Å². The summed E-state index contributed by atoms with van der Waals surface area (Å²) in [7, 11) is 0. The largest absolute Gasteiger partial charge is 0.356 e. The Labute approximate surface area is 129 Å². The predicted molar refractivity (Wildman–Crippen MR) is 88.0 cm³/mol. The van der Waals surface area contributed by atoms with E-state index in [1.807, 2.05) is 13.8 Å². The molecule has 4 heteroatoms. The van der Waals surface area contributed by atoms with Gasteiger partial charge < -0.3 is 10.6 Å². The standard InChI is InChI=1S/C17H32N2O2/c1-14(2)16(20)18-12-10-8-6-5-7-9-11-13-19-17(21)15(3)4/h15H,1,5-13H2,2-4H3,(H,18,20)(H,19,21). The molecule has 0 atom stereocenters. The number of amides is 2. The van der Waals surface area contributed by atoms with E-state index in [0.29, 0.717) is 5.57 Å². The summed E-state index contributed by atoms with van der Waals surface area (Å²) in [6.07, 6.45) is 8.07. The van der Waals surface area contributed by atoms with E-state index in [2.05, 4.69) is 17.2 Å². The second kappa shape index (κ2) is 12.4. The topological polar surface area (TPSA) is 58.2 Å². The van der Waals surface area contributed by atoms with Crippen LogP contribution in [0, 0.1) is 5.92 Å². The summed E-state index contributed by atoms with van der Waals surface area (Å²) in [4.78, 5) is 22.5. The van der Waals surface area contributed by atoms with Crippen molar-refractivity contribution in [1.29, 1.82) is 0 Å². The summed E-state index contributed by atoms with van der Waals surface area (Å²) < 4.78 is 0. The van der Waals surface area contributed by atoms with E-state index in [-0.39, 0.29) is 17.7 Å². The van der Waals surface area contributed by atoms with Gasteiger partial charge in [0.2, 0.25) is 11.8 Å². The Balaban J connectivity index is 3.21. The van der Waals surface area contributed by atoms with Crippen LogP contribution in [0.4, 0.5) is 0 Å². The van der Waals surface area contributed by atoms with Gasteiger partial charge in [-0.05, 0) is 19.8 Å². The number of hydrogen-bond donors (Lipinski definition) is 2. The van der Waals surface area contributed by atoms with Gasteiger partial charge in [0.05, 0.1) is 0 Å². The van der Waals surface area contributed by atoms with Crippen molar-refractivity contribution in [3.63, 3.8) is 0 Å². The molecule has 0 unspecified atom stereocenters. The number of hydrogen-bond acceptors (Lipinski definition) is 2. The first kappa shape index (κ1) is 19.7. The second-order valence-corrected chi connectivity index (χ2v) is 5.96. The molecule has 21 heavy (non-hydrogen) atoms. The Morgan fingerprint density at radius 1 is 0.857 bits per heavy atom. The summed E-state index contributed by atoms with van der Waals surface area (Å²) in [6.45, 7) is 10.7. The van der Waals surface area contributed by atoms with Gasteiger partial charge in [-0.1, -0.05) is 52.5 Å². The zero-order valence-electron chi connectivity index (χ0n) is 14.0. The summed E-state index contributed by atoms with van der Waals surface area (Å²) in [5, 5.41) is 5.78. The fraction of sp³-hybridized carbons (Fsp3) is 0.765. The minimum Gasteiger partial charge on any atom is -0.356 e. The summed E-state index contributed by atoms with van der Waals surface area (Å²) in [5.41, 5.74) is 0.569. The number of rotatable bonds is 12. The Hall–Kier alpha value is -1.32. The van der Waals surface area contributed by atoms with Crippen LogP contribution in [0.5, 0.6) is 0 Å². The van der Waals surface area contributed by atoms with E-state index in [9.17, 15) is 9.59 Å². The zero-order valence-corrected chi connectivity index (χ0v) is 14.0. The SMILES string of the molecule is C=C(C)C(=O)NCCCCCCCCCNC(=O)C(C)C. The first-order valence-corrected chi connectivity index (χ1v) is 8.16. The Morgan fingerprint density at radius 3 is 1.71 bits per heavy atom. The van der Waals surface area contributed by atoms with Crippen LogP contribution in [0.1, 0.15) is 65.7 Å². The van der Waals surface area contributed by atoms with Gasteiger partial charge in [-0.2, -0.15) is 0 Å². The molecular formula is C17H32N2O2. The van der Waals surface area contributed by atoms with Crippen molar-refractivity contribution in [2.24, 2.45) is 5.92 Å². The predicted octanol–water partition coefficient (Wildman–Crippen LogP) is 3.18. The van der Waals surface area contributed by atoms with Crippen LogP contribution in [0.3, 0.4) is 0 Å². The fourth-order valence-corrected chi connectivity index (χ4v) is 1.90. The van der Waals surface area contributed by atoms with Gasteiger partial charge in [-0.25, -0.2) is 0 Å². The lowest BCUT2D eigenvalue weighted by molar-refractivity contribution is -0.124. The molecule has 0 aromatic rings. The van der Waals surface area contributed by atoms with Gasteiger partial charge in [0.25, 0.3) is 0 Å². The van der Waals surface area contributed by atoms with Crippen molar-refractivity contribution in [2.45, 2.75) is 65.7 Å². The maximum atomic E-state index is 11.3. The summed E-state index contributed by atoms with van der Waals surface area (Å²) >= 11 is 0. The first-order chi connectivity index (χ1) is 9.95. The summed E-state index contributed by atoms with van der Waals surface area (Å²) in [6, 6.07) is 0. The molecule has 0 saturated heterocycles. The van der Waals surface area contributed by atoms with Crippen LogP contribution in [-0.2, 0) is 9.59 Å². The highest BCUT2D eigenvalue weighted by atomic mass is 16.2. The van der Waals surface area contributed by atoms with Crippen molar-refractivity contribution in [1.82, 2.24) is 10.6 Å². The smallest absolute Gasteiger partial charge is 0.246 e. The lowest BCUT2D eigenvalue weighted by Gasteiger charge is -2.07. The molecule has 0 aromatic carbocycles. The van der Waals surface area contributed by atoms with Crippen LogP contribution >= 0.6 is 0 Å². The molecule has 0 aromatic heterocycles. The molecule has 122 valence electrons. The van der Waals surface area contributed by atoms with Crippen LogP contribution in [0.25, 0.3) is 0 Å². The zero-order chi connectivity index (χ0) is 16.1. The normalized spacial score (nSPS) is 10.5. The van der Waals surface area contributed by atoms with Crippen molar-refractivity contribution >= 4 is 11.8 Å². The third-order valence-electron chi connectivity index (χ3n) is 3.35. The third-order valence-corrected chi connectivity index (χ3v) is 3.35. The van der Waals surface area contributed by atoms with Crippen molar-refractivity contribution < 1.29 is 9.59 Å². The minimum absolute atomic E-state index is 0.0431. The van der Waals surface area contributed by atoms with Gasteiger partial charge >= 0.3 is 0 Å². The van der Waals surface area contributed by atoms with Crippen LogP contribution < -0.4 is 10.6 Å². The van der Waals surface area contributed by atoms with Crippen LogP contribution in [0.15, 0.2) is 12.2 Å². The van der Waals surface area contributed by atoms with Gasteiger partial charge in [-0.3, -0.25) is 9.59 Å². The van der Waals surface area contributed by atoms with Crippen molar-refractivity contribution in [3.05, 3.63) is 12.2 Å². The molecule has 0 radical (unpaired) electrons. The molecule has 2 N–H and O–H groups in total. The molecule has 0 aliphatic rings. The molecule has 0 spiro atoms. The number of nitrogens with one attached hydrogen (secondary N) is 2. The molecule has 0 aliphatic heterocycles. The molecule has 0 bridgehead atoms. The fourth-order valence-electron chi connectivity index (χ4n) is 1.90. The van der Waals surface area contributed by atoms with E-state index in [1.54, 1.807) is 6.92 Å². The molecule has 0 fully saturated rings. The monoisotopic (exact) mass is 296 g/mol. The average Bonchev–Trinajstić information content (AvgIpc) is 2.43. The molecule has 0 rings (SSSR count). The second-order valence-electron chi connectivity index (χ2n) is 5.96. The van der Waals surface area contributed by atoms with E-state index >= 15 is 0 Å². The summed E-state index contributed by atoms with van der Waals surface area (Å²) in [5.74, 6) is 0.181. The third kappa shape index (κ3) is 12.2. The number of carbonyl (C=O) groups is 2. The lowest BCUT2D eigenvalue weighted by atomic mass is 10.1. The maximum absolute atomic E-state index is 11.3. The van der Waals surface area contributed by atoms with Gasteiger partial charge in [0.1, 0.15) is 0 Å². The first-order valence-electron chi connectivity index (χ1n) is 8.16. The molecular weight excluding hydrogens is 264 g/mol. The maximum Gasteiger partial charge on any atom is 0.246 e. The Morgan fingerprint density at radius 2 is 1.29 bits per heavy atom. The highest BCUT2D eigenvalue weighted by Crippen LogP contribution is 2.06. The highest BCUT2D eigenvalue weighted by Gasteiger charge is 2.04. The van der Waals surface area contributed by atoms with Gasteiger partial charge in [0.15, 0.2) is 0 Å². The number of carbonyl (C=O) groups excluding carboxylic acids is 2. The number of unbranched alkanes of at least 4 members (excludes halogenated alkanes) is 6. The van der Waals surface area contributed by atoms with Gasteiger partial charge in [-0.15, -0.1) is 0 Å².